The van der Waals surface area contributed by atoms with Gasteiger partial charge in [0.25, 0.3) is 5.91 Å². The first-order valence-electron chi connectivity index (χ1n) is 5.87. The summed E-state index contributed by atoms with van der Waals surface area (Å²) in [5.74, 6) is 2.39. The standard InChI is InChI=1S/C12H18N2OS2/c1-14(5-2-4-13)12(15)11-7-9-8-16-6-3-10(9)17-11/h7H,2-6,8,13H2,1H3. The fourth-order valence-electron chi connectivity index (χ4n) is 1.87. The number of hydrogen-bond acceptors (Lipinski definition) is 4. The normalized spacial score (nSPS) is 14.5. The van der Waals surface area contributed by atoms with Crippen molar-refractivity contribution in [3.05, 3.63) is 21.4 Å². The van der Waals surface area contributed by atoms with E-state index in [1.165, 1.54) is 16.2 Å². The Balaban J connectivity index is 2.06. The SMILES string of the molecule is CN(CCCN)C(=O)c1cc2c(s1)CCSC2. The lowest BCUT2D eigenvalue weighted by Crippen LogP contribution is -2.28. The molecule has 5 heteroatoms. The molecule has 0 atom stereocenters. The fraction of sp³-hybridized carbons (Fsp3) is 0.583. The van der Waals surface area contributed by atoms with Crippen LogP contribution in [0.1, 0.15) is 26.5 Å². The highest BCUT2D eigenvalue weighted by Crippen LogP contribution is 2.32. The van der Waals surface area contributed by atoms with Gasteiger partial charge in [0, 0.05) is 24.2 Å². The molecule has 2 rings (SSSR count). The van der Waals surface area contributed by atoms with Crippen molar-refractivity contribution in [1.29, 1.82) is 0 Å². The van der Waals surface area contributed by atoms with Crippen molar-refractivity contribution in [2.45, 2.75) is 18.6 Å². The number of nitrogens with zero attached hydrogens (tertiary/aromatic N) is 1. The van der Waals surface area contributed by atoms with E-state index in [1.54, 1.807) is 16.2 Å². The zero-order valence-corrected chi connectivity index (χ0v) is 11.7. The third-order valence-electron chi connectivity index (χ3n) is 2.88. The van der Waals surface area contributed by atoms with Crippen LogP contribution in [0.4, 0.5) is 0 Å². The lowest BCUT2D eigenvalue weighted by Gasteiger charge is -2.15. The van der Waals surface area contributed by atoms with E-state index in [0.717, 1.165) is 30.0 Å². The zero-order chi connectivity index (χ0) is 12.3. The van der Waals surface area contributed by atoms with Crippen LogP contribution in [-0.2, 0) is 12.2 Å². The maximum absolute atomic E-state index is 12.2. The first kappa shape index (κ1) is 12.9. The van der Waals surface area contributed by atoms with Crippen LogP contribution in [0.15, 0.2) is 6.07 Å². The molecule has 0 saturated heterocycles. The second-order valence-corrected chi connectivity index (χ2v) is 6.47. The predicted octanol–water partition coefficient (Wildman–Crippen LogP) is 1.96. The molecule has 94 valence electrons. The molecule has 0 spiro atoms. The molecule has 0 unspecified atom stereocenters. The van der Waals surface area contributed by atoms with E-state index in [0.29, 0.717) is 6.54 Å². The third-order valence-corrected chi connectivity index (χ3v) is 5.12. The number of thiophene rings is 1. The molecule has 0 saturated carbocycles. The van der Waals surface area contributed by atoms with Gasteiger partial charge in [0.1, 0.15) is 0 Å². The Hall–Kier alpha value is -0.520. The van der Waals surface area contributed by atoms with Crippen molar-refractivity contribution in [3.8, 4) is 0 Å². The lowest BCUT2D eigenvalue weighted by molar-refractivity contribution is 0.0799. The van der Waals surface area contributed by atoms with Crippen LogP contribution in [0, 0.1) is 0 Å². The molecule has 17 heavy (non-hydrogen) atoms. The Bertz CT molecular complexity index is 380. The molecular formula is C12H18N2OS2. The molecule has 2 N–H and O–H groups in total. The Morgan fingerprint density at radius 2 is 2.41 bits per heavy atom. The summed E-state index contributed by atoms with van der Waals surface area (Å²) in [6.07, 6.45) is 1.98. The van der Waals surface area contributed by atoms with Crippen molar-refractivity contribution in [2.24, 2.45) is 5.73 Å². The fourth-order valence-corrected chi connectivity index (χ4v) is 4.24. The van der Waals surface area contributed by atoms with Gasteiger partial charge in [-0.15, -0.1) is 11.3 Å². The van der Waals surface area contributed by atoms with E-state index in [-0.39, 0.29) is 5.91 Å². The van der Waals surface area contributed by atoms with Crippen LogP contribution < -0.4 is 5.73 Å². The minimum Gasteiger partial charge on any atom is -0.341 e. The molecule has 0 radical (unpaired) electrons. The van der Waals surface area contributed by atoms with Crippen molar-refractivity contribution in [3.63, 3.8) is 0 Å². The minimum absolute atomic E-state index is 0.142. The first-order valence-corrected chi connectivity index (χ1v) is 7.84. The second-order valence-electron chi connectivity index (χ2n) is 4.23. The molecule has 3 nitrogen and oxygen atoms in total. The smallest absolute Gasteiger partial charge is 0.263 e. The monoisotopic (exact) mass is 270 g/mol. The molecule has 1 aliphatic rings. The Morgan fingerprint density at radius 1 is 1.59 bits per heavy atom. The highest BCUT2D eigenvalue weighted by molar-refractivity contribution is 7.98. The number of rotatable bonds is 4. The summed E-state index contributed by atoms with van der Waals surface area (Å²) in [4.78, 5) is 16.2. The maximum atomic E-state index is 12.2. The number of thioether (sulfide) groups is 1. The summed E-state index contributed by atoms with van der Waals surface area (Å²) in [7, 11) is 1.85. The van der Waals surface area contributed by atoms with Crippen LogP contribution in [0.25, 0.3) is 0 Å². The molecule has 2 heterocycles. The van der Waals surface area contributed by atoms with Gasteiger partial charge in [-0.2, -0.15) is 11.8 Å². The molecular weight excluding hydrogens is 252 g/mol. The van der Waals surface area contributed by atoms with Crippen molar-refractivity contribution in [2.75, 3.05) is 25.9 Å². The van der Waals surface area contributed by atoms with Crippen LogP contribution >= 0.6 is 23.1 Å². The molecule has 1 aliphatic heterocycles. The molecule has 0 bridgehead atoms. The van der Waals surface area contributed by atoms with Gasteiger partial charge >= 0.3 is 0 Å². The highest BCUT2D eigenvalue weighted by atomic mass is 32.2. The van der Waals surface area contributed by atoms with Gasteiger partial charge in [-0.25, -0.2) is 0 Å². The van der Waals surface area contributed by atoms with Crippen molar-refractivity contribution >= 4 is 29.0 Å². The summed E-state index contributed by atoms with van der Waals surface area (Å²) < 4.78 is 0. The van der Waals surface area contributed by atoms with Crippen molar-refractivity contribution < 1.29 is 4.79 Å². The largest absolute Gasteiger partial charge is 0.341 e. The first-order chi connectivity index (χ1) is 8.22. The van der Waals surface area contributed by atoms with E-state index >= 15 is 0 Å². The van der Waals surface area contributed by atoms with Gasteiger partial charge < -0.3 is 10.6 Å². The quantitative estimate of drug-likeness (QED) is 0.910. The van der Waals surface area contributed by atoms with Crippen LogP contribution in [0.3, 0.4) is 0 Å². The number of carbonyl (C=O) groups excluding carboxylic acids is 1. The van der Waals surface area contributed by atoms with E-state index in [1.807, 2.05) is 18.8 Å². The molecule has 0 fully saturated rings. The van der Waals surface area contributed by atoms with Gasteiger partial charge in [0.2, 0.25) is 0 Å². The molecule has 1 aromatic heterocycles. The molecule has 1 aromatic rings. The van der Waals surface area contributed by atoms with Gasteiger partial charge in [-0.05, 0) is 36.8 Å². The van der Waals surface area contributed by atoms with Gasteiger partial charge in [-0.3, -0.25) is 4.79 Å². The average Bonchev–Trinajstić information content (AvgIpc) is 2.78. The number of amides is 1. The Morgan fingerprint density at radius 3 is 3.12 bits per heavy atom. The summed E-state index contributed by atoms with van der Waals surface area (Å²) in [6, 6.07) is 2.08. The molecule has 0 aromatic carbocycles. The summed E-state index contributed by atoms with van der Waals surface area (Å²) in [6.45, 7) is 1.38. The zero-order valence-electron chi connectivity index (χ0n) is 10.1. The Kier molecular flexibility index (Phi) is 4.48. The van der Waals surface area contributed by atoms with Crippen LogP contribution in [0.2, 0.25) is 0 Å². The van der Waals surface area contributed by atoms with Gasteiger partial charge in [0.15, 0.2) is 0 Å². The number of hydrogen-bond donors (Lipinski definition) is 1. The van der Waals surface area contributed by atoms with E-state index in [9.17, 15) is 4.79 Å². The highest BCUT2D eigenvalue weighted by Gasteiger charge is 2.19. The van der Waals surface area contributed by atoms with Crippen LogP contribution in [0.5, 0.6) is 0 Å². The summed E-state index contributed by atoms with van der Waals surface area (Å²) in [5, 5.41) is 0. The maximum Gasteiger partial charge on any atom is 0.263 e. The summed E-state index contributed by atoms with van der Waals surface area (Å²) in [5.41, 5.74) is 6.82. The summed E-state index contributed by atoms with van der Waals surface area (Å²) >= 11 is 3.62. The second kappa shape index (κ2) is 5.89. The molecule has 1 amide bonds. The van der Waals surface area contributed by atoms with E-state index in [2.05, 4.69) is 6.07 Å². The van der Waals surface area contributed by atoms with Crippen molar-refractivity contribution in [1.82, 2.24) is 4.90 Å². The van der Waals surface area contributed by atoms with E-state index < -0.39 is 0 Å². The number of carbonyl (C=O) groups is 1. The Labute approximate surface area is 110 Å². The minimum atomic E-state index is 0.142. The topological polar surface area (TPSA) is 46.3 Å². The predicted molar refractivity (Wildman–Crippen MR) is 74.8 cm³/mol. The lowest BCUT2D eigenvalue weighted by atomic mass is 10.2. The number of aryl methyl sites for hydroxylation is 1. The van der Waals surface area contributed by atoms with Crippen LogP contribution in [-0.4, -0.2) is 36.7 Å². The third kappa shape index (κ3) is 3.03. The number of nitrogens with two attached hydrogens (primary N) is 1. The van der Waals surface area contributed by atoms with E-state index in [4.69, 9.17) is 5.73 Å². The average molecular weight is 270 g/mol. The number of fused-ring (bicyclic) bond motifs is 1. The van der Waals surface area contributed by atoms with Gasteiger partial charge in [-0.1, -0.05) is 0 Å². The van der Waals surface area contributed by atoms with Gasteiger partial charge in [0.05, 0.1) is 4.88 Å². The molecule has 0 aliphatic carbocycles.